The van der Waals surface area contributed by atoms with Crippen LogP contribution in [0, 0.1) is 6.92 Å². The molecule has 47 heavy (non-hydrogen) atoms. The molecule has 0 bridgehead atoms. The van der Waals surface area contributed by atoms with Crippen LogP contribution in [-0.4, -0.2) is 19.5 Å². The Bertz CT molecular complexity index is 2490. The number of rotatable bonds is 4. The van der Waals surface area contributed by atoms with E-state index in [1.165, 1.54) is 22.4 Å². The Labute approximate surface area is 275 Å². The zero-order valence-electron chi connectivity index (χ0n) is 28.4. The molecule has 0 amide bonds. The second-order valence-electron chi connectivity index (χ2n) is 14.6. The van der Waals surface area contributed by atoms with E-state index in [0.717, 1.165) is 66.1 Å². The summed E-state index contributed by atoms with van der Waals surface area (Å²) in [6.07, 6.45) is 1.90. The molecule has 4 heterocycles. The lowest BCUT2D eigenvalue weighted by atomic mass is 9.81. The molecule has 0 aliphatic heterocycles. The molecule has 0 radical (unpaired) electrons. The van der Waals surface area contributed by atoms with Crippen molar-refractivity contribution < 1.29 is 4.42 Å². The molecule has 5 heteroatoms. The van der Waals surface area contributed by atoms with Gasteiger partial charge in [0.15, 0.2) is 0 Å². The fourth-order valence-corrected chi connectivity index (χ4v) is 7.09. The van der Waals surface area contributed by atoms with Crippen LogP contribution in [0.3, 0.4) is 0 Å². The number of benzene rings is 4. The minimum atomic E-state index is 0.00660. The summed E-state index contributed by atoms with van der Waals surface area (Å²) < 4.78 is 9.08. The van der Waals surface area contributed by atoms with E-state index in [4.69, 9.17) is 19.4 Å². The molecule has 4 aromatic carbocycles. The minimum absolute atomic E-state index is 0.00660. The monoisotopic (exact) mass is 616 g/mol. The van der Waals surface area contributed by atoms with Crippen molar-refractivity contribution in [2.24, 2.45) is 0 Å². The number of aromatic nitrogens is 4. The van der Waals surface area contributed by atoms with Crippen molar-refractivity contribution in [1.29, 1.82) is 0 Å². The van der Waals surface area contributed by atoms with Crippen LogP contribution in [0.5, 0.6) is 0 Å². The number of furan rings is 1. The lowest BCUT2D eigenvalue weighted by Gasteiger charge is -2.28. The van der Waals surface area contributed by atoms with Gasteiger partial charge in [-0.15, -0.1) is 0 Å². The number of nitrogens with zero attached hydrogens (tertiary/aromatic N) is 4. The second-order valence-corrected chi connectivity index (χ2v) is 14.6. The van der Waals surface area contributed by atoms with Crippen LogP contribution in [0.2, 0.25) is 0 Å². The van der Waals surface area contributed by atoms with Crippen LogP contribution in [0.25, 0.3) is 71.9 Å². The Balaban J connectivity index is 1.57. The number of para-hydroxylation sites is 1. The molecule has 8 rings (SSSR count). The van der Waals surface area contributed by atoms with Crippen molar-refractivity contribution in [2.75, 3.05) is 0 Å². The maximum absolute atomic E-state index is 6.68. The summed E-state index contributed by atoms with van der Waals surface area (Å²) in [5, 5.41) is 5.39. The van der Waals surface area contributed by atoms with Crippen LogP contribution >= 0.6 is 0 Å². The van der Waals surface area contributed by atoms with Gasteiger partial charge in [0, 0.05) is 28.0 Å². The van der Waals surface area contributed by atoms with Gasteiger partial charge in [-0.3, -0.25) is 9.55 Å². The summed E-state index contributed by atoms with van der Waals surface area (Å²) in [4.78, 5) is 15.3. The third kappa shape index (κ3) is 4.55. The van der Waals surface area contributed by atoms with E-state index in [1.54, 1.807) is 0 Å². The van der Waals surface area contributed by atoms with Gasteiger partial charge in [0.05, 0.1) is 33.2 Å². The molecule has 4 aromatic heterocycles. The van der Waals surface area contributed by atoms with Gasteiger partial charge in [-0.25, -0.2) is 9.97 Å². The predicted octanol–water partition coefficient (Wildman–Crippen LogP) is 11.5. The van der Waals surface area contributed by atoms with E-state index in [0.29, 0.717) is 5.71 Å². The lowest BCUT2D eigenvalue weighted by Crippen LogP contribution is -2.16. The van der Waals surface area contributed by atoms with E-state index in [1.807, 2.05) is 6.20 Å². The molecule has 234 valence electrons. The minimum Gasteiger partial charge on any atom is -0.437 e. The van der Waals surface area contributed by atoms with E-state index in [-0.39, 0.29) is 17.3 Å². The van der Waals surface area contributed by atoms with Gasteiger partial charge in [-0.2, -0.15) is 0 Å². The molecule has 0 saturated heterocycles. The van der Waals surface area contributed by atoms with Crippen molar-refractivity contribution in [3.8, 4) is 17.1 Å². The Kier molecular flexibility index (Phi) is 6.56. The maximum Gasteiger partial charge on any atom is 0.227 e. The lowest BCUT2D eigenvalue weighted by molar-refractivity contribution is 0.586. The number of pyridine rings is 2. The molecule has 0 fully saturated rings. The van der Waals surface area contributed by atoms with E-state index in [9.17, 15) is 0 Å². The summed E-state index contributed by atoms with van der Waals surface area (Å²) >= 11 is 0. The molecule has 0 aliphatic carbocycles. The van der Waals surface area contributed by atoms with E-state index < -0.39 is 0 Å². The fourth-order valence-electron chi connectivity index (χ4n) is 7.09. The molecular weight excluding hydrogens is 576 g/mol. The second kappa shape index (κ2) is 10.5. The highest BCUT2D eigenvalue weighted by molar-refractivity contribution is 6.19. The molecule has 0 unspecified atom stereocenters. The van der Waals surface area contributed by atoms with Crippen LogP contribution in [0.15, 0.2) is 89.5 Å². The number of hydrogen-bond acceptors (Lipinski definition) is 4. The van der Waals surface area contributed by atoms with Crippen LogP contribution in [-0.2, 0) is 5.41 Å². The predicted molar refractivity (Wildman–Crippen MR) is 196 cm³/mol. The molecule has 5 nitrogen and oxygen atoms in total. The molecule has 8 aromatic rings. The Morgan fingerprint density at radius 1 is 0.745 bits per heavy atom. The standard InChI is InChI=1S/C42H40N4O/c1-23(2)32-20-28(42(6,7)8)21-33(24(3)4)37(32)46-38-34(19-18-26-17-16-25(5)44-36(26)38)45-40(46)31-15-11-14-30-35-29-13-10-9-12-27(29)22-43-41(35)47-39(30)31/h9-24H,1-8H3. The van der Waals surface area contributed by atoms with Crippen molar-refractivity contribution in [2.45, 2.75) is 72.6 Å². The Hall–Kier alpha value is -5.03. The molecule has 0 saturated carbocycles. The third-order valence-electron chi connectivity index (χ3n) is 9.61. The van der Waals surface area contributed by atoms with Crippen LogP contribution in [0.4, 0.5) is 0 Å². The summed E-state index contributed by atoms with van der Waals surface area (Å²) in [6, 6.07) is 28.1. The summed E-state index contributed by atoms with van der Waals surface area (Å²) in [6.45, 7) is 18.1. The topological polar surface area (TPSA) is 56.7 Å². The SMILES string of the molecule is Cc1ccc2ccc3nc(-c4cccc5c4oc4ncc6ccccc6c45)n(-c4c(C(C)C)cc(C(C)(C)C)cc4C(C)C)c3c2n1. The molecule has 0 spiro atoms. The van der Waals surface area contributed by atoms with Crippen LogP contribution in [0.1, 0.15) is 82.7 Å². The first-order valence-corrected chi connectivity index (χ1v) is 16.7. The van der Waals surface area contributed by atoms with Crippen molar-refractivity contribution in [3.63, 3.8) is 0 Å². The molecule has 0 atom stereocenters. The van der Waals surface area contributed by atoms with Crippen molar-refractivity contribution in [3.05, 3.63) is 107 Å². The van der Waals surface area contributed by atoms with Gasteiger partial charge in [0.25, 0.3) is 0 Å². The number of fused-ring (bicyclic) bond motifs is 8. The average molecular weight is 617 g/mol. The number of imidazole rings is 1. The third-order valence-corrected chi connectivity index (χ3v) is 9.61. The first kappa shape index (κ1) is 29.4. The first-order valence-electron chi connectivity index (χ1n) is 16.7. The number of hydrogen-bond donors (Lipinski definition) is 0. The Morgan fingerprint density at radius 3 is 2.17 bits per heavy atom. The first-order chi connectivity index (χ1) is 22.5. The zero-order valence-corrected chi connectivity index (χ0v) is 28.4. The van der Waals surface area contributed by atoms with Gasteiger partial charge < -0.3 is 4.42 Å². The van der Waals surface area contributed by atoms with Gasteiger partial charge >= 0.3 is 0 Å². The van der Waals surface area contributed by atoms with Gasteiger partial charge in [0.2, 0.25) is 5.71 Å². The summed E-state index contributed by atoms with van der Waals surface area (Å²) in [5.74, 6) is 1.40. The molecule has 0 N–H and O–H groups in total. The highest BCUT2D eigenvalue weighted by Crippen LogP contribution is 2.44. The van der Waals surface area contributed by atoms with Gasteiger partial charge in [-0.1, -0.05) is 109 Å². The highest BCUT2D eigenvalue weighted by Gasteiger charge is 2.28. The van der Waals surface area contributed by atoms with Crippen molar-refractivity contribution in [1.82, 2.24) is 19.5 Å². The average Bonchev–Trinajstić information content (AvgIpc) is 3.62. The summed E-state index contributed by atoms with van der Waals surface area (Å²) in [7, 11) is 0. The smallest absolute Gasteiger partial charge is 0.227 e. The van der Waals surface area contributed by atoms with Crippen LogP contribution < -0.4 is 0 Å². The van der Waals surface area contributed by atoms with Crippen molar-refractivity contribution >= 4 is 54.8 Å². The van der Waals surface area contributed by atoms with E-state index in [2.05, 4.69) is 139 Å². The quantitative estimate of drug-likeness (QED) is 0.197. The molecule has 0 aliphatic rings. The zero-order chi connectivity index (χ0) is 32.8. The van der Waals surface area contributed by atoms with E-state index >= 15 is 0 Å². The fraction of sp³-hybridized carbons (Fsp3) is 0.262. The summed E-state index contributed by atoms with van der Waals surface area (Å²) in [5.41, 5.74) is 11.4. The molecular formula is C42H40N4O. The van der Waals surface area contributed by atoms with Gasteiger partial charge in [-0.05, 0) is 64.5 Å². The number of aryl methyl sites for hydroxylation is 1. The largest absolute Gasteiger partial charge is 0.437 e. The normalized spacial score (nSPS) is 12.6. The maximum atomic E-state index is 6.68. The van der Waals surface area contributed by atoms with Gasteiger partial charge in [0.1, 0.15) is 11.4 Å². The highest BCUT2D eigenvalue weighted by atomic mass is 16.3. The Morgan fingerprint density at radius 2 is 1.45 bits per heavy atom.